The van der Waals surface area contributed by atoms with E-state index in [4.69, 9.17) is 15.9 Å². The molecule has 0 saturated carbocycles. The van der Waals surface area contributed by atoms with E-state index in [9.17, 15) is 29.1 Å². The first kappa shape index (κ1) is 27.5. The van der Waals surface area contributed by atoms with Crippen LogP contribution in [0.25, 0.3) is 0 Å². The van der Waals surface area contributed by atoms with Crippen molar-refractivity contribution in [3.05, 3.63) is 18.2 Å². The highest BCUT2D eigenvalue weighted by atomic mass is 16.4. The minimum Gasteiger partial charge on any atom is -0.481 e. The van der Waals surface area contributed by atoms with E-state index in [1.807, 2.05) is 19.2 Å². The Bertz CT molecular complexity index is 828. The van der Waals surface area contributed by atoms with E-state index < -0.39 is 66.9 Å². The van der Waals surface area contributed by atoms with Gasteiger partial charge in [0.25, 0.3) is 0 Å². The van der Waals surface area contributed by atoms with Gasteiger partial charge < -0.3 is 42.0 Å². The predicted octanol–water partition coefficient (Wildman–Crippen LogP) is -2.67. The number of aromatic amines is 1. The second kappa shape index (κ2) is 13.1. The van der Waals surface area contributed by atoms with Crippen LogP contribution in [0.15, 0.2) is 12.5 Å². The lowest BCUT2D eigenvalue weighted by atomic mass is 10.0. The van der Waals surface area contributed by atoms with E-state index >= 15 is 0 Å². The molecule has 4 atom stereocenters. The van der Waals surface area contributed by atoms with E-state index in [-0.39, 0.29) is 12.3 Å². The third kappa shape index (κ3) is 9.65. The second-order valence-corrected chi connectivity index (χ2v) is 7.82. The van der Waals surface area contributed by atoms with Gasteiger partial charge in [0.15, 0.2) is 0 Å². The predicted molar refractivity (Wildman–Crippen MR) is 112 cm³/mol. The molecule has 1 heterocycles. The van der Waals surface area contributed by atoms with Gasteiger partial charge in [-0.1, -0.05) is 13.8 Å². The molecule has 0 saturated heterocycles. The Kier molecular flexibility index (Phi) is 10.9. The summed E-state index contributed by atoms with van der Waals surface area (Å²) in [5.41, 5.74) is 6.36. The molecule has 1 rings (SSSR count). The number of aliphatic hydroxyl groups excluding tert-OH is 1. The zero-order valence-electron chi connectivity index (χ0n) is 18.3. The number of rotatable bonds is 14. The molecule has 14 nitrogen and oxygen atoms in total. The van der Waals surface area contributed by atoms with Crippen molar-refractivity contribution in [2.75, 3.05) is 6.61 Å². The van der Waals surface area contributed by atoms with Crippen LogP contribution in [0.3, 0.4) is 0 Å². The Labute approximate surface area is 189 Å². The van der Waals surface area contributed by atoms with Crippen LogP contribution in [0.1, 0.15) is 32.4 Å². The molecule has 0 bridgehead atoms. The molecule has 33 heavy (non-hydrogen) atoms. The van der Waals surface area contributed by atoms with Crippen molar-refractivity contribution in [3.8, 4) is 0 Å². The number of aliphatic hydroxyl groups is 1. The van der Waals surface area contributed by atoms with E-state index in [0.29, 0.717) is 12.1 Å². The number of nitrogens with two attached hydrogens (primary N) is 1. The number of hydrogen-bond acceptors (Lipinski definition) is 8. The number of carbonyl (C=O) groups excluding carboxylic acids is 3. The van der Waals surface area contributed by atoms with Crippen molar-refractivity contribution in [1.82, 2.24) is 25.9 Å². The molecule has 9 N–H and O–H groups in total. The molecular weight excluding hydrogens is 440 g/mol. The summed E-state index contributed by atoms with van der Waals surface area (Å²) in [5.74, 6) is -5.50. The van der Waals surface area contributed by atoms with Crippen molar-refractivity contribution in [1.29, 1.82) is 0 Å². The summed E-state index contributed by atoms with van der Waals surface area (Å²) in [7, 11) is 0. The zero-order chi connectivity index (χ0) is 25.1. The van der Waals surface area contributed by atoms with Crippen LogP contribution < -0.4 is 21.7 Å². The van der Waals surface area contributed by atoms with Crippen LogP contribution in [0.5, 0.6) is 0 Å². The maximum Gasteiger partial charge on any atom is 0.326 e. The molecule has 3 amide bonds. The lowest BCUT2D eigenvalue weighted by Gasteiger charge is -2.24. The molecule has 0 aliphatic rings. The van der Waals surface area contributed by atoms with Gasteiger partial charge in [-0.25, -0.2) is 9.78 Å². The molecule has 14 heteroatoms. The summed E-state index contributed by atoms with van der Waals surface area (Å²) in [5, 5.41) is 34.0. The Morgan fingerprint density at radius 1 is 1.00 bits per heavy atom. The van der Waals surface area contributed by atoms with Gasteiger partial charge in [0.2, 0.25) is 17.7 Å². The standard InChI is InChI=1S/C19H30N6O8/c1-9(2)3-11(20)16(29)23-12(4-10-6-21-8-22-10)17(30)25-14(7-26)18(31)24-13(19(32)33)5-15(27)28/h6,8-9,11-14,26H,3-5,7,20H2,1-2H3,(H,21,22)(H,23,29)(H,24,31)(H,25,30)(H,27,28)(H,32,33). The maximum absolute atomic E-state index is 12.8. The molecule has 4 unspecified atom stereocenters. The number of carboxylic acid groups (broad SMARTS) is 2. The molecule has 0 aliphatic heterocycles. The van der Waals surface area contributed by atoms with Gasteiger partial charge >= 0.3 is 11.9 Å². The number of hydrogen-bond donors (Lipinski definition) is 8. The first-order chi connectivity index (χ1) is 15.4. The summed E-state index contributed by atoms with van der Waals surface area (Å²) >= 11 is 0. The number of nitrogens with zero attached hydrogens (tertiary/aromatic N) is 1. The Hall–Kier alpha value is -3.52. The van der Waals surface area contributed by atoms with Gasteiger partial charge in [-0.3, -0.25) is 19.2 Å². The van der Waals surface area contributed by atoms with Crippen molar-refractivity contribution >= 4 is 29.7 Å². The van der Waals surface area contributed by atoms with Crippen LogP contribution in [-0.4, -0.2) is 85.7 Å². The number of imidazole rings is 1. The number of nitrogens with one attached hydrogen (secondary N) is 4. The van der Waals surface area contributed by atoms with E-state index in [2.05, 4.69) is 20.6 Å². The summed E-state index contributed by atoms with van der Waals surface area (Å²) < 4.78 is 0. The van der Waals surface area contributed by atoms with Gasteiger partial charge in [0.1, 0.15) is 18.1 Å². The van der Waals surface area contributed by atoms with Gasteiger partial charge in [0, 0.05) is 18.3 Å². The van der Waals surface area contributed by atoms with Crippen molar-refractivity contribution in [2.45, 2.75) is 57.3 Å². The summed E-state index contributed by atoms with van der Waals surface area (Å²) in [4.78, 5) is 66.1. The fourth-order valence-electron chi connectivity index (χ4n) is 2.83. The SMILES string of the molecule is CC(C)CC(N)C(=O)NC(Cc1cnc[nH]1)C(=O)NC(CO)C(=O)NC(CC(=O)O)C(=O)O. The molecule has 0 aliphatic carbocycles. The molecule has 0 fully saturated rings. The molecule has 1 aromatic rings. The van der Waals surface area contributed by atoms with Crippen molar-refractivity contribution in [2.24, 2.45) is 11.7 Å². The summed E-state index contributed by atoms with van der Waals surface area (Å²) in [6.07, 6.45) is 2.23. The number of aliphatic carboxylic acids is 2. The fourth-order valence-corrected chi connectivity index (χ4v) is 2.83. The molecule has 0 radical (unpaired) electrons. The van der Waals surface area contributed by atoms with E-state index in [1.54, 1.807) is 0 Å². The van der Waals surface area contributed by atoms with Crippen molar-refractivity contribution < 1.29 is 39.3 Å². The smallest absolute Gasteiger partial charge is 0.326 e. The quantitative estimate of drug-likeness (QED) is 0.140. The van der Waals surface area contributed by atoms with Crippen LogP contribution in [0.4, 0.5) is 0 Å². The number of carboxylic acids is 2. The number of H-pyrrole nitrogens is 1. The Balaban J connectivity index is 2.93. The topological polar surface area (TPSA) is 237 Å². The highest BCUT2D eigenvalue weighted by molar-refractivity contribution is 5.94. The summed E-state index contributed by atoms with van der Waals surface area (Å²) in [6, 6.07) is -5.45. The van der Waals surface area contributed by atoms with Gasteiger partial charge in [-0.05, 0) is 12.3 Å². The average Bonchev–Trinajstić information content (AvgIpc) is 3.22. The van der Waals surface area contributed by atoms with Crippen LogP contribution in [0.2, 0.25) is 0 Å². The number of amides is 3. The van der Waals surface area contributed by atoms with Crippen LogP contribution >= 0.6 is 0 Å². The van der Waals surface area contributed by atoms with Crippen molar-refractivity contribution in [3.63, 3.8) is 0 Å². The lowest BCUT2D eigenvalue weighted by molar-refractivity contribution is -0.147. The summed E-state index contributed by atoms with van der Waals surface area (Å²) in [6.45, 7) is 2.84. The van der Waals surface area contributed by atoms with Gasteiger partial charge in [0.05, 0.1) is 25.4 Å². The Morgan fingerprint density at radius 2 is 1.58 bits per heavy atom. The van der Waals surface area contributed by atoms with Crippen LogP contribution in [0, 0.1) is 5.92 Å². The van der Waals surface area contributed by atoms with E-state index in [1.165, 1.54) is 12.5 Å². The molecule has 0 aromatic carbocycles. The molecule has 1 aromatic heterocycles. The normalized spacial score (nSPS) is 14.6. The van der Waals surface area contributed by atoms with Gasteiger partial charge in [-0.15, -0.1) is 0 Å². The highest BCUT2D eigenvalue weighted by Crippen LogP contribution is 2.05. The third-order valence-electron chi connectivity index (χ3n) is 4.48. The highest BCUT2D eigenvalue weighted by Gasteiger charge is 2.31. The Morgan fingerprint density at radius 3 is 2.06 bits per heavy atom. The third-order valence-corrected chi connectivity index (χ3v) is 4.48. The van der Waals surface area contributed by atoms with E-state index in [0.717, 1.165) is 0 Å². The second-order valence-electron chi connectivity index (χ2n) is 7.82. The first-order valence-corrected chi connectivity index (χ1v) is 10.1. The largest absolute Gasteiger partial charge is 0.481 e. The number of carbonyl (C=O) groups is 5. The minimum atomic E-state index is -1.77. The zero-order valence-corrected chi connectivity index (χ0v) is 18.3. The molecule has 0 spiro atoms. The monoisotopic (exact) mass is 470 g/mol. The fraction of sp³-hybridized carbons (Fsp3) is 0.579. The lowest BCUT2D eigenvalue weighted by Crippen LogP contribution is -2.58. The van der Waals surface area contributed by atoms with Gasteiger partial charge in [-0.2, -0.15) is 0 Å². The van der Waals surface area contributed by atoms with Crippen LogP contribution in [-0.2, 0) is 30.4 Å². The maximum atomic E-state index is 12.8. The number of aromatic nitrogens is 2. The first-order valence-electron chi connectivity index (χ1n) is 10.1. The molecular formula is C19H30N6O8. The molecule has 184 valence electrons. The average molecular weight is 470 g/mol. The minimum absolute atomic E-state index is 0.0392.